The number of rotatable bonds is 7. The predicted molar refractivity (Wildman–Crippen MR) is 100 cm³/mol. The maximum Gasteiger partial charge on any atom is 0.276 e. The molecule has 0 aliphatic rings. The van der Waals surface area contributed by atoms with Crippen molar-refractivity contribution >= 4 is 17.5 Å². The van der Waals surface area contributed by atoms with E-state index in [0.29, 0.717) is 13.1 Å². The van der Waals surface area contributed by atoms with Crippen molar-refractivity contribution in [3.63, 3.8) is 0 Å². The number of carbonyl (C=O) groups excluding carboxylic acids is 2. The quantitative estimate of drug-likeness (QED) is 0.784. The van der Waals surface area contributed by atoms with Crippen molar-refractivity contribution in [3.8, 4) is 0 Å². The standard InChI is InChI=1S/C20H25N3O2/c1-4-6-13-21-19(24)17-11-8-12-18(22-17)20(25)23(5-2)16-10-7-9-15(3)14-16/h7-12,14H,4-6,13H2,1-3H3,(H,21,24). The highest BCUT2D eigenvalue weighted by Gasteiger charge is 2.19. The first-order chi connectivity index (χ1) is 12.1. The molecule has 0 aliphatic carbocycles. The molecule has 2 rings (SSSR count). The van der Waals surface area contributed by atoms with Gasteiger partial charge >= 0.3 is 0 Å². The summed E-state index contributed by atoms with van der Waals surface area (Å²) in [5, 5.41) is 2.82. The van der Waals surface area contributed by atoms with Crippen molar-refractivity contribution in [2.45, 2.75) is 33.6 Å². The minimum absolute atomic E-state index is 0.212. The van der Waals surface area contributed by atoms with Crippen LogP contribution in [0.2, 0.25) is 0 Å². The molecule has 25 heavy (non-hydrogen) atoms. The molecule has 0 unspecified atom stereocenters. The molecule has 5 nitrogen and oxygen atoms in total. The second-order valence-corrected chi connectivity index (χ2v) is 5.91. The van der Waals surface area contributed by atoms with Crippen LogP contribution in [0.25, 0.3) is 0 Å². The first kappa shape index (κ1) is 18.6. The molecule has 0 atom stereocenters. The van der Waals surface area contributed by atoms with Crippen LogP contribution >= 0.6 is 0 Å². The fourth-order valence-electron chi connectivity index (χ4n) is 2.53. The van der Waals surface area contributed by atoms with Crippen LogP contribution in [0.3, 0.4) is 0 Å². The molecule has 1 aromatic carbocycles. The molecule has 1 heterocycles. The zero-order chi connectivity index (χ0) is 18.2. The molecule has 2 amide bonds. The van der Waals surface area contributed by atoms with Gasteiger partial charge in [0.25, 0.3) is 11.8 Å². The van der Waals surface area contributed by atoms with Gasteiger partial charge in [-0.3, -0.25) is 9.59 Å². The smallest absolute Gasteiger partial charge is 0.276 e. The molecule has 0 radical (unpaired) electrons. The number of benzene rings is 1. The molecule has 1 aromatic heterocycles. The minimum atomic E-state index is -0.248. The van der Waals surface area contributed by atoms with Gasteiger partial charge in [-0.1, -0.05) is 31.5 Å². The van der Waals surface area contributed by atoms with Crippen LogP contribution in [-0.4, -0.2) is 29.9 Å². The Morgan fingerprint density at radius 1 is 1.08 bits per heavy atom. The maximum absolute atomic E-state index is 12.9. The normalized spacial score (nSPS) is 10.4. The third-order valence-corrected chi connectivity index (χ3v) is 3.89. The summed E-state index contributed by atoms with van der Waals surface area (Å²) in [6.45, 7) is 7.10. The highest BCUT2D eigenvalue weighted by Crippen LogP contribution is 2.18. The Labute approximate surface area is 149 Å². The van der Waals surface area contributed by atoms with Crippen molar-refractivity contribution < 1.29 is 9.59 Å². The summed E-state index contributed by atoms with van der Waals surface area (Å²) in [7, 11) is 0. The van der Waals surface area contributed by atoms with Crippen LogP contribution in [0.4, 0.5) is 5.69 Å². The lowest BCUT2D eigenvalue weighted by Gasteiger charge is -2.21. The van der Waals surface area contributed by atoms with Crippen LogP contribution in [0.5, 0.6) is 0 Å². The van der Waals surface area contributed by atoms with Gasteiger partial charge in [0.2, 0.25) is 0 Å². The Hall–Kier alpha value is -2.69. The van der Waals surface area contributed by atoms with Gasteiger partial charge < -0.3 is 10.2 Å². The van der Waals surface area contributed by atoms with E-state index in [4.69, 9.17) is 0 Å². The van der Waals surface area contributed by atoms with Gasteiger partial charge in [-0.2, -0.15) is 0 Å². The Balaban J connectivity index is 2.20. The summed E-state index contributed by atoms with van der Waals surface area (Å²) >= 11 is 0. The largest absolute Gasteiger partial charge is 0.351 e. The zero-order valence-electron chi connectivity index (χ0n) is 15.1. The molecule has 132 valence electrons. The summed E-state index contributed by atoms with van der Waals surface area (Å²) < 4.78 is 0. The average molecular weight is 339 g/mol. The number of pyridine rings is 1. The van der Waals surface area contributed by atoms with Crippen LogP contribution < -0.4 is 10.2 Å². The van der Waals surface area contributed by atoms with E-state index in [2.05, 4.69) is 17.2 Å². The monoisotopic (exact) mass is 339 g/mol. The number of hydrogen-bond acceptors (Lipinski definition) is 3. The second kappa shape index (κ2) is 8.97. The number of carbonyl (C=O) groups is 2. The minimum Gasteiger partial charge on any atom is -0.351 e. The van der Waals surface area contributed by atoms with Gasteiger partial charge in [0.05, 0.1) is 0 Å². The van der Waals surface area contributed by atoms with Gasteiger partial charge in [0.1, 0.15) is 11.4 Å². The van der Waals surface area contributed by atoms with Crippen molar-refractivity contribution in [2.75, 3.05) is 18.0 Å². The molecule has 5 heteroatoms. The third kappa shape index (κ3) is 4.89. The lowest BCUT2D eigenvalue weighted by molar-refractivity contribution is 0.0947. The van der Waals surface area contributed by atoms with E-state index < -0.39 is 0 Å². The maximum atomic E-state index is 12.9. The zero-order valence-corrected chi connectivity index (χ0v) is 15.1. The Kier molecular flexibility index (Phi) is 6.69. The molecular weight excluding hydrogens is 314 g/mol. The van der Waals surface area contributed by atoms with Crippen molar-refractivity contribution in [3.05, 3.63) is 59.4 Å². The van der Waals surface area contributed by atoms with Crippen molar-refractivity contribution in [1.29, 1.82) is 0 Å². The lowest BCUT2D eigenvalue weighted by Crippen LogP contribution is -2.32. The number of nitrogens with one attached hydrogen (secondary N) is 1. The third-order valence-electron chi connectivity index (χ3n) is 3.89. The number of aromatic nitrogens is 1. The molecule has 0 fully saturated rings. The van der Waals surface area contributed by atoms with Crippen LogP contribution in [0.1, 0.15) is 53.2 Å². The van der Waals surface area contributed by atoms with E-state index in [1.165, 1.54) is 0 Å². The van der Waals surface area contributed by atoms with E-state index in [0.717, 1.165) is 24.1 Å². The number of nitrogens with zero attached hydrogens (tertiary/aromatic N) is 2. The Morgan fingerprint density at radius 2 is 1.80 bits per heavy atom. The molecule has 1 N–H and O–H groups in total. The fraction of sp³-hybridized carbons (Fsp3) is 0.350. The highest BCUT2D eigenvalue weighted by molar-refractivity contribution is 6.05. The molecule has 0 saturated heterocycles. The van der Waals surface area contributed by atoms with Gasteiger partial charge in [-0.15, -0.1) is 0 Å². The number of aryl methyl sites for hydroxylation is 1. The molecule has 0 bridgehead atoms. The SMILES string of the molecule is CCCCNC(=O)c1cccc(C(=O)N(CC)c2cccc(C)c2)n1. The predicted octanol–water partition coefficient (Wildman–Crippen LogP) is 3.59. The second-order valence-electron chi connectivity index (χ2n) is 5.91. The molecule has 0 aliphatic heterocycles. The van der Waals surface area contributed by atoms with E-state index in [1.807, 2.05) is 38.1 Å². The number of unbranched alkanes of at least 4 members (excludes halogenated alkanes) is 1. The van der Waals surface area contributed by atoms with Crippen molar-refractivity contribution in [1.82, 2.24) is 10.3 Å². The topological polar surface area (TPSA) is 62.3 Å². The first-order valence-electron chi connectivity index (χ1n) is 8.70. The van der Waals surface area contributed by atoms with Crippen LogP contribution in [0, 0.1) is 6.92 Å². The van der Waals surface area contributed by atoms with Crippen molar-refractivity contribution in [2.24, 2.45) is 0 Å². The fourth-order valence-corrected chi connectivity index (χ4v) is 2.53. The van der Waals surface area contributed by atoms with Gasteiger partial charge in [-0.25, -0.2) is 4.98 Å². The van der Waals surface area contributed by atoms with E-state index in [-0.39, 0.29) is 23.2 Å². The summed E-state index contributed by atoms with van der Waals surface area (Å²) in [5.74, 6) is -0.460. The summed E-state index contributed by atoms with van der Waals surface area (Å²) in [6.07, 6.45) is 1.93. The van der Waals surface area contributed by atoms with E-state index in [1.54, 1.807) is 23.1 Å². The van der Waals surface area contributed by atoms with Gasteiger partial charge in [0, 0.05) is 18.8 Å². The van der Waals surface area contributed by atoms with Gasteiger partial charge in [0.15, 0.2) is 0 Å². The summed E-state index contributed by atoms with van der Waals surface area (Å²) in [6, 6.07) is 12.7. The van der Waals surface area contributed by atoms with Gasteiger partial charge in [-0.05, 0) is 50.1 Å². The Bertz CT molecular complexity index is 743. The number of anilines is 1. The van der Waals surface area contributed by atoms with E-state index in [9.17, 15) is 9.59 Å². The van der Waals surface area contributed by atoms with Crippen LogP contribution in [0.15, 0.2) is 42.5 Å². The Morgan fingerprint density at radius 3 is 2.48 bits per heavy atom. The van der Waals surface area contributed by atoms with E-state index >= 15 is 0 Å². The average Bonchev–Trinajstić information content (AvgIpc) is 2.62. The number of hydrogen-bond donors (Lipinski definition) is 1. The molecule has 2 aromatic rings. The molecular formula is C20H25N3O2. The first-order valence-corrected chi connectivity index (χ1v) is 8.70. The lowest BCUT2D eigenvalue weighted by atomic mass is 10.2. The van der Waals surface area contributed by atoms with Crippen LogP contribution in [-0.2, 0) is 0 Å². The molecule has 0 spiro atoms. The number of amides is 2. The highest BCUT2D eigenvalue weighted by atomic mass is 16.2. The summed E-state index contributed by atoms with van der Waals surface area (Å²) in [5.41, 5.74) is 2.45. The summed E-state index contributed by atoms with van der Waals surface area (Å²) in [4.78, 5) is 30.9. The molecule has 0 saturated carbocycles.